The van der Waals surface area contributed by atoms with Crippen molar-refractivity contribution in [3.8, 4) is 16.2 Å². The minimum Gasteiger partial charge on any atom is -0.497 e. The molecular formula is C21H30IN3O3S. The number of hydrogen-bond acceptors (Lipinski definition) is 5. The zero-order chi connectivity index (χ0) is 19.6. The zero-order valence-electron chi connectivity index (χ0n) is 17.0. The molecule has 1 aliphatic heterocycles. The monoisotopic (exact) mass is 531 g/mol. The standard InChI is InChI=1S/C21H29N3O3S.HI/c1-22-21(23-11-3-12-27-18-10-13-26-15-18)24-14-19-8-9-20(28-19)16-4-6-17(25-2)7-5-16;/h4-9,18H,3,10-15H2,1-2H3,(H2,22,23,24);1H. The topological polar surface area (TPSA) is 64.1 Å². The molecule has 0 saturated carbocycles. The molecule has 6 nitrogen and oxygen atoms in total. The lowest BCUT2D eigenvalue weighted by Gasteiger charge is -2.12. The molecule has 160 valence electrons. The molecule has 1 aliphatic rings. The SMILES string of the molecule is CN=C(NCCCOC1CCOC1)NCc1ccc(-c2ccc(OC)cc2)s1.I. The second-order valence-corrected chi connectivity index (χ2v) is 7.73. The molecule has 2 heterocycles. The van der Waals surface area contributed by atoms with Crippen LogP contribution in [0.1, 0.15) is 17.7 Å². The molecule has 2 aromatic rings. The van der Waals surface area contributed by atoms with E-state index in [0.717, 1.165) is 57.5 Å². The van der Waals surface area contributed by atoms with Crippen LogP contribution in [0.4, 0.5) is 0 Å². The number of thiophene rings is 1. The van der Waals surface area contributed by atoms with Gasteiger partial charge >= 0.3 is 0 Å². The first kappa shape index (κ1) is 23.9. The van der Waals surface area contributed by atoms with Crippen LogP contribution in [-0.2, 0) is 16.0 Å². The van der Waals surface area contributed by atoms with Crippen molar-refractivity contribution in [2.75, 3.05) is 40.5 Å². The second kappa shape index (κ2) is 13.0. The average Bonchev–Trinajstić information content (AvgIpc) is 3.42. The van der Waals surface area contributed by atoms with Crippen molar-refractivity contribution in [2.24, 2.45) is 4.99 Å². The van der Waals surface area contributed by atoms with Crippen molar-refractivity contribution in [3.63, 3.8) is 0 Å². The molecule has 1 fully saturated rings. The quantitative estimate of drug-likeness (QED) is 0.223. The van der Waals surface area contributed by atoms with E-state index in [9.17, 15) is 0 Å². The van der Waals surface area contributed by atoms with Crippen molar-refractivity contribution in [1.29, 1.82) is 0 Å². The van der Waals surface area contributed by atoms with Crippen molar-refractivity contribution < 1.29 is 14.2 Å². The Balaban J connectivity index is 0.00000300. The second-order valence-electron chi connectivity index (χ2n) is 6.56. The van der Waals surface area contributed by atoms with Crippen molar-refractivity contribution in [3.05, 3.63) is 41.3 Å². The summed E-state index contributed by atoms with van der Waals surface area (Å²) in [5.41, 5.74) is 1.20. The first-order valence-corrected chi connectivity index (χ1v) is 10.5. The van der Waals surface area contributed by atoms with Gasteiger partial charge in [-0.2, -0.15) is 0 Å². The smallest absolute Gasteiger partial charge is 0.191 e. The summed E-state index contributed by atoms with van der Waals surface area (Å²) in [6.45, 7) is 3.87. The normalized spacial score (nSPS) is 16.3. The molecule has 0 amide bonds. The number of nitrogens with one attached hydrogen (secondary N) is 2. The lowest BCUT2D eigenvalue weighted by atomic mass is 10.2. The van der Waals surface area contributed by atoms with Gasteiger partial charge in [-0.1, -0.05) is 0 Å². The molecule has 1 aromatic heterocycles. The molecule has 1 atom stereocenters. The highest BCUT2D eigenvalue weighted by molar-refractivity contribution is 14.0. The van der Waals surface area contributed by atoms with E-state index in [2.05, 4.69) is 39.9 Å². The molecule has 8 heteroatoms. The number of rotatable bonds is 9. The summed E-state index contributed by atoms with van der Waals surface area (Å²) in [5, 5.41) is 6.70. The van der Waals surface area contributed by atoms with Crippen LogP contribution in [0.25, 0.3) is 10.4 Å². The first-order chi connectivity index (χ1) is 13.8. The van der Waals surface area contributed by atoms with Gasteiger partial charge < -0.3 is 24.8 Å². The van der Waals surface area contributed by atoms with Crippen LogP contribution in [0.5, 0.6) is 5.75 Å². The van der Waals surface area contributed by atoms with Crippen LogP contribution < -0.4 is 15.4 Å². The van der Waals surface area contributed by atoms with Gasteiger partial charge in [-0.25, -0.2) is 0 Å². The van der Waals surface area contributed by atoms with Crippen LogP contribution in [0.2, 0.25) is 0 Å². The third-order valence-corrected chi connectivity index (χ3v) is 5.68. The number of guanidine groups is 1. The summed E-state index contributed by atoms with van der Waals surface area (Å²) >= 11 is 1.78. The molecule has 1 unspecified atom stereocenters. The van der Waals surface area contributed by atoms with Crippen LogP contribution in [-0.4, -0.2) is 52.6 Å². The minimum absolute atomic E-state index is 0. The number of aliphatic imine (C=N–C) groups is 1. The van der Waals surface area contributed by atoms with Gasteiger partial charge in [0.1, 0.15) is 5.75 Å². The molecule has 0 radical (unpaired) electrons. The molecule has 29 heavy (non-hydrogen) atoms. The predicted octanol–water partition coefficient (Wildman–Crippen LogP) is 3.90. The Kier molecular flexibility index (Phi) is 10.8. The lowest BCUT2D eigenvalue weighted by molar-refractivity contribution is 0.0420. The van der Waals surface area contributed by atoms with Gasteiger partial charge in [0.05, 0.1) is 26.4 Å². The Morgan fingerprint density at radius 1 is 1.21 bits per heavy atom. The lowest BCUT2D eigenvalue weighted by Crippen LogP contribution is -2.37. The maximum atomic E-state index is 5.78. The molecule has 2 N–H and O–H groups in total. The first-order valence-electron chi connectivity index (χ1n) is 9.65. The van der Waals surface area contributed by atoms with Crippen molar-refractivity contribution in [1.82, 2.24) is 10.6 Å². The molecular weight excluding hydrogens is 501 g/mol. The van der Waals surface area contributed by atoms with E-state index in [0.29, 0.717) is 0 Å². The van der Waals surface area contributed by atoms with Crippen molar-refractivity contribution in [2.45, 2.75) is 25.5 Å². The fraction of sp³-hybridized carbons (Fsp3) is 0.476. The number of hydrogen-bond donors (Lipinski definition) is 2. The van der Waals surface area contributed by atoms with E-state index >= 15 is 0 Å². The number of benzene rings is 1. The molecule has 0 aliphatic carbocycles. The van der Waals surface area contributed by atoms with Gasteiger partial charge in [0, 0.05) is 36.6 Å². The zero-order valence-corrected chi connectivity index (χ0v) is 20.1. The summed E-state index contributed by atoms with van der Waals surface area (Å²) in [5.74, 6) is 1.68. The number of halogens is 1. The van der Waals surface area contributed by atoms with E-state index in [1.54, 1.807) is 25.5 Å². The minimum atomic E-state index is 0. The van der Waals surface area contributed by atoms with Gasteiger partial charge in [0.2, 0.25) is 0 Å². The van der Waals surface area contributed by atoms with E-state index < -0.39 is 0 Å². The molecule has 1 saturated heterocycles. The summed E-state index contributed by atoms with van der Waals surface area (Å²) in [6, 6.07) is 12.5. The van der Waals surface area contributed by atoms with E-state index in [4.69, 9.17) is 14.2 Å². The summed E-state index contributed by atoms with van der Waals surface area (Å²) in [7, 11) is 3.47. The molecule has 1 aromatic carbocycles. The highest BCUT2D eigenvalue weighted by Gasteiger charge is 2.15. The Morgan fingerprint density at radius 3 is 2.72 bits per heavy atom. The number of ether oxygens (including phenoxy) is 3. The van der Waals surface area contributed by atoms with Crippen molar-refractivity contribution >= 4 is 41.3 Å². The highest BCUT2D eigenvalue weighted by Crippen LogP contribution is 2.29. The van der Waals surface area contributed by atoms with E-state index in [1.165, 1.54) is 15.3 Å². The Bertz CT molecular complexity index is 746. The van der Waals surface area contributed by atoms with Gasteiger partial charge in [-0.05, 0) is 54.8 Å². The van der Waals surface area contributed by atoms with Crippen LogP contribution in [0.3, 0.4) is 0 Å². The maximum Gasteiger partial charge on any atom is 0.191 e. The molecule has 0 bridgehead atoms. The van der Waals surface area contributed by atoms with Gasteiger partial charge in [-0.15, -0.1) is 35.3 Å². The highest BCUT2D eigenvalue weighted by atomic mass is 127. The van der Waals surface area contributed by atoms with E-state index in [1.807, 2.05) is 12.1 Å². The summed E-state index contributed by atoms with van der Waals surface area (Å²) in [6.07, 6.45) is 2.23. The molecule has 0 spiro atoms. The summed E-state index contributed by atoms with van der Waals surface area (Å²) < 4.78 is 16.3. The van der Waals surface area contributed by atoms with Crippen LogP contribution >= 0.6 is 35.3 Å². The third-order valence-electron chi connectivity index (χ3n) is 4.54. The van der Waals surface area contributed by atoms with Gasteiger partial charge in [0.25, 0.3) is 0 Å². The van der Waals surface area contributed by atoms with Gasteiger partial charge in [-0.3, -0.25) is 4.99 Å². The Morgan fingerprint density at radius 2 is 2.03 bits per heavy atom. The number of nitrogens with zero attached hydrogens (tertiary/aromatic N) is 1. The largest absolute Gasteiger partial charge is 0.497 e. The van der Waals surface area contributed by atoms with Crippen LogP contribution in [0.15, 0.2) is 41.4 Å². The Hall–Kier alpha value is -1.36. The fourth-order valence-electron chi connectivity index (χ4n) is 2.95. The van der Waals surface area contributed by atoms with E-state index in [-0.39, 0.29) is 30.1 Å². The predicted molar refractivity (Wildman–Crippen MR) is 130 cm³/mol. The number of methoxy groups -OCH3 is 1. The maximum absolute atomic E-state index is 5.78. The Labute approximate surface area is 194 Å². The van der Waals surface area contributed by atoms with Crippen LogP contribution in [0, 0.1) is 0 Å². The summed E-state index contributed by atoms with van der Waals surface area (Å²) in [4.78, 5) is 6.79. The van der Waals surface area contributed by atoms with Gasteiger partial charge in [0.15, 0.2) is 5.96 Å². The fourth-order valence-corrected chi connectivity index (χ4v) is 3.90. The third kappa shape index (κ3) is 7.76. The molecule has 3 rings (SSSR count). The average molecular weight is 531 g/mol.